The van der Waals surface area contributed by atoms with E-state index >= 15 is 0 Å². The number of anilines is 1. The molecule has 0 saturated heterocycles. The van der Waals surface area contributed by atoms with E-state index in [9.17, 15) is 13.2 Å². The summed E-state index contributed by atoms with van der Waals surface area (Å²) in [7, 11) is 0. The first kappa shape index (κ1) is 19.5. The number of hydrazone groups is 1. The lowest BCUT2D eigenvalue weighted by atomic mass is 10.0. The lowest BCUT2D eigenvalue weighted by molar-refractivity contribution is -0.137. The maximum Gasteiger partial charge on any atom is 0.416 e. The van der Waals surface area contributed by atoms with Crippen molar-refractivity contribution in [1.29, 1.82) is 0 Å². The Labute approximate surface area is 172 Å². The van der Waals surface area contributed by atoms with Gasteiger partial charge in [-0.15, -0.1) is 0 Å². The molecule has 0 N–H and O–H groups in total. The minimum Gasteiger partial charge on any atom is -0.258 e. The standard InChI is InChI=1S/C18H12Cl2F3IN2/c19-13-6-4-11(5-7-13)16-9-15(10-17(20)24)26(25-16)14-3-1-2-12(8-14)18(21,22)23/h1-8,10,15H,9H2/b17-10+. The zero-order valence-corrected chi connectivity index (χ0v) is 16.8. The van der Waals surface area contributed by atoms with Crippen molar-refractivity contribution < 1.29 is 13.2 Å². The quantitative estimate of drug-likeness (QED) is 0.412. The van der Waals surface area contributed by atoms with Crippen LogP contribution in [0, 0.1) is 0 Å². The molecule has 1 aliphatic heterocycles. The fraction of sp³-hybridized carbons (Fsp3) is 0.167. The second kappa shape index (κ2) is 7.78. The Morgan fingerprint density at radius 1 is 1.19 bits per heavy atom. The van der Waals surface area contributed by atoms with Gasteiger partial charge < -0.3 is 0 Å². The first-order valence-electron chi connectivity index (χ1n) is 7.57. The summed E-state index contributed by atoms with van der Waals surface area (Å²) < 4.78 is 39.6. The molecule has 0 spiro atoms. The predicted octanol–water partition coefficient (Wildman–Crippen LogP) is 6.86. The van der Waals surface area contributed by atoms with Crippen LogP contribution < -0.4 is 5.01 Å². The number of rotatable bonds is 3. The molecule has 0 fully saturated rings. The van der Waals surface area contributed by atoms with Gasteiger partial charge in [-0.2, -0.15) is 18.3 Å². The molecule has 0 aromatic heterocycles. The van der Waals surface area contributed by atoms with Gasteiger partial charge in [0.15, 0.2) is 0 Å². The summed E-state index contributed by atoms with van der Waals surface area (Å²) in [5.41, 5.74) is 1.27. The van der Waals surface area contributed by atoms with Crippen LogP contribution in [-0.2, 0) is 6.18 Å². The molecule has 0 saturated carbocycles. The molecule has 0 aliphatic carbocycles. The fourth-order valence-corrected chi connectivity index (χ4v) is 3.38. The van der Waals surface area contributed by atoms with Crippen molar-refractivity contribution in [3.8, 4) is 0 Å². The van der Waals surface area contributed by atoms with Crippen LogP contribution in [-0.4, -0.2) is 11.8 Å². The van der Waals surface area contributed by atoms with E-state index in [0.717, 1.165) is 23.4 Å². The first-order chi connectivity index (χ1) is 12.2. The molecule has 26 heavy (non-hydrogen) atoms. The van der Waals surface area contributed by atoms with Crippen molar-refractivity contribution in [2.24, 2.45) is 5.10 Å². The van der Waals surface area contributed by atoms with Crippen molar-refractivity contribution in [2.75, 3.05) is 5.01 Å². The fourth-order valence-electron chi connectivity index (χ4n) is 2.70. The van der Waals surface area contributed by atoms with Crippen LogP contribution >= 0.6 is 45.8 Å². The summed E-state index contributed by atoms with van der Waals surface area (Å²) in [6.45, 7) is 0. The summed E-state index contributed by atoms with van der Waals surface area (Å²) in [6.07, 6.45) is -2.11. The Kier molecular flexibility index (Phi) is 5.84. The minimum atomic E-state index is -4.41. The van der Waals surface area contributed by atoms with E-state index in [-0.39, 0.29) is 6.04 Å². The van der Waals surface area contributed by atoms with Gasteiger partial charge in [0.25, 0.3) is 0 Å². The van der Waals surface area contributed by atoms with Crippen LogP contribution in [0.5, 0.6) is 0 Å². The van der Waals surface area contributed by atoms with E-state index in [0.29, 0.717) is 20.2 Å². The van der Waals surface area contributed by atoms with Gasteiger partial charge in [0.1, 0.15) is 0 Å². The lowest BCUT2D eigenvalue weighted by Crippen LogP contribution is -2.24. The van der Waals surface area contributed by atoms with Crippen molar-refractivity contribution >= 4 is 57.2 Å². The Balaban J connectivity index is 2.01. The molecular weight excluding hydrogens is 499 g/mol. The van der Waals surface area contributed by atoms with Gasteiger partial charge >= 0.3 is 6.18 Å². The number of hydrogen-bond acceptors (Lipinski definition) is 2. The summed E-state index contributed by atoms with van der Waals surface area (Å²) in [5, 5.41) is 6.72. The van der Waals surface area contributed by atoms with Gasteiger partial charge in [0, 0.05) is 11.4 Å². The summed E-state index contributed by atoms with van der Waals surface area (Å²) >= 11 is 13.9. The smallest absolute Gasteiger partial charge is 0.258 e. The average Bonchev–Trinajstić information content (AvgIpc) is 2.98. The van der Waals surface area contributed by atoms with Crippen molar-refractivity contribution in [3.63, 3.8) is 0 Å². The van der Waals surface area contributed by atoms with Crippen LogP contribution in [0.15, 0.2) is 62.7 Å². The highest BCUT2D eigenvalue weighted by atomic mass is 127. The molecule has 136 valence electrons. The number of benzene rings is 2. The summed E-state index contributed by atoms with van der Waals surface area (Å²) in [4.78, 5) is 0. The molecule has 1 unspecified atom stereocenters. The van der Waals surface area contributed by atoms with Gasteiger partial charge in [-0.1, -0.05) is 41.4 Å². The molecule has 0 amide bonds. The maximum absolute atomic E-state index is 13.0. The van der Waals surface area contributed by atoms with E-state index in [1.807, 2.05) is 34.7 Å². The van der Waals surface area contributed by atoms with Gasteiger partial charge in [0.2, 0.25) is 0 Å². The van der Waals surface area contributed by atoms with Crippen LogP contribution in [0.3, 0.4) is 0 Å². The van der Waals surface area contributed by atoms with Crippen LogP contribution in [0.25, 0.3) is 0 Å². The van der Waals surface area contributed by atoms with Crippen LogP contribution in [0.4, 0.5) is 18.9 Å². The molecule has 0 radical (unpaired) electrons. The molecule has 8 heteroatoms. The monoisotopic (exact) mass is 510 g/mol. The van der Waals surface area contributed by atoms with E-state index in [4.69, 9.17) is 23.2 Å². The number of alkyl halides is 3. The van der Waals surface area contributed by atoms with Gasteiger partial charge in [-0.05, 0) is 64.6 Å². The molecule has 2 aromatic rings. The highest BCUT2D eigenvalue weighted by molar-refractivity contribution is 14.1. The second-order valence-corrected chi connectivity index (χ2v) is 8.32. The highest BCUT2D eigenvalue weighted by Crippen LogP contribution is 2.35. The number of nitrogens with zero attached hydrogens (tertiary/aromatic N) is 2. The molecule has 0 bridgehead atoms. The Bertz CT molecular complexity index is 859. The van der Waals surface area contributed by atoms with Gasteiger partial charge in [-0.25, -0.2) is 0 Å². The summed E-state index contributed by atoms with van der Waals surface area (Å²) in [5.74, 6) is 0. The number of hydrogen-bond donors (Lipinski definition) is 0. The first-order valence-corrected chi connectivity index (χ1v) is 9.40. The molecular formula is C18H12Cl2F3IN2. The third kappa shape index (κ3) is 4.53. The van der Waals surface area contributed by atoms with E-state index < -0.39 is 11.7 Å². The van der Waals surface area contributed by atoms with E-state index in [1.165, 1.54) is 6.07 Å². The van der Waals surface area contributed by atoms with E-state index in [1.54, 1.807) is 29.3 Å². The maximum atomic E-state index is 13.0. The molecule has 2 nitrogen and oxygen atoms in total. The normalized spacial score (nSPS) is 18.2. The molecule has 1 aliphatic rings. The molecule has 2 aromatic carbocycles. The van der Waals surface area contributed by atoms with Crippen molar-refractivity contribution in [2.45, 2.75) is 18.6 Å². The minimum absolute atomic E-state index is 0.270. The zero-order valence-electron chi connectivity index (χ0n) is 13.1. The Morgan fingerprint density at radius 2 is 1.88 bits per heavy atom. The van der Waals surface area contributed by atoms with Crippen LogP contribution in [0.1, 0.15) is 17.5 Å². The highest BCUT2D eigenvalue weighted by Gasteiger charge is 2.33. The summed E-state index contributed by atoms with van der Waals surface area (Å²) in [6, 6.07) is 12.0. The molecule has 1 heterocycles. The average molecular weight is 511 g/mol. The topological polar surface area (TPSA) is 15.6 Å². The second-order valence-electron chi connectivity index (χ2n) is 5.67. The molecule has 3 rings (SSSR count). The van der Waals surface area contributed by atoms with Gasteiger partial charge in [0.05, 0.1) is 26.0 Å². The number of halogens is 6. The lowest BCUT2D eigenvalue weighted by Gasteiger charge is -2.22. The zero-order chi connectivity index (χ0) is 18.9. The Hall–Kier alpha value is -1.25. The van der Waals surface area contributed by atoms with Gasteiger partial charge in [-0.3, -0.25) is 5.01 Å². The largest absolute Gasteiger partial charge is 0.416 e. The predicted molar refractivity (Wildman–Crippen MR) is 108 cm³/mol. The van der Waals surface area contributed by atoms with E-state index in [2.05, 4.69) is 5.10 Å². The third-order valence-corrected chi connectivity index (χ3v) is 4.62. The van der Waals surface area contributed by atoms with Crippen LogP contribution in [0.2, 0.25) is 5.02 Å². The third-order valence-electron chi connectivity index (χ3n) is 3.88. The van der Waals surface area contributed by atoms with Crippen molar-refractivity contribution in [3.05, 3.63) is 73.8 Å². The SMILES string of the molecule is FC(F)(F)c1cccc(N2N=C(c3ccc(Cl)cc3)CC2/C=C(\Cl)I)c1. The molecule has 1 atom stereocenters. The Morgan fingerprint density at radius 3 is 2.50 bits per heavy atom. The van der Waals surface area contributed by atoms with Crippen molar-refractivity contribution in [1.82, 2.24) is 0 Å².